The molecule has 2 aliphatic carbocycles. The quantitative estimate of drug-likeness (QED) is 0.272. The van der Waals surface area contributed by atoms with Crippen LogP contribution in [0.3, 0.4) is 0 Å². The van der Waals surface area contributed by atoms with Crippen LogP contribution in [0.2, 0.25) is 0 Å². The number of fused-ring (bicyclic) bond motifs is 3. The number of amides is 4. The lowest BCUT2D eigenvalue weighted by Crippen LogP contribution is -2.57. The number of Topliss-reactive ketones (excluding diaryl/α,β-unsaturated/α-hetero) is 1. The van der Waals surface area contributed by atoms with Gasteiger partial charge in [-0.25, -0.2) is 0 Å². The molecule has 1 saturated heterocycles. The molecule has 0 radical (unpaired) electrons. The molecule has 1 saturated carbocycles. The Kier molecular flexibility index (Phi) is 8.72. The maximum atomic E-state index is 14.0. The molecule has 5 rings (SSSR count). The first-order valence-electron chi connectivity index (χ1n) is 14.8. The second-order valence-corrected chi connectivity index (χ2v) is 11.6. The van der Waals surface area contributed by atoms with Crippen molar-refractivity contribution in [3.8, 4) is 11.1 Å². The van der Waals surface area contributed by atoms with Gasteiger partial charge in [-0.05, 0) is 36.3 Å². The third-order valence-electron chi connectivity index (χ3n) is 8.93. The predicted molar refractivity (Wildman–Crippen MR) is 155 cm³/mol. The Morgan fingerprint density at radius 3 is 2.07 bits per heavy atom. The van der Waals surface area contributed by atoms with E-state index in [4.69, 9.17) is 0 Å². The maximum Gasteiger partial charge on any atom is 0.289 e. The van der Waals surface area contributed by atoms with Crippen LogP contribution < -0.4 is 21.3 Å². The van der Waals surface area contributed by atoms with Crippen LogP contribution in [-0.4, -0.2) is 60.2 Å². The van der Waals surface area contributed by atoms with Gasteiger partial charge in [-0.2, -0.15) is 0 Å². The van der Waals surface area contributed by atoms with Crippen molar-refractivity contribution in [2.45, 2.75) is 69.1 Å². The van der Waals surface area contributed by atoms with E-state index in [0.717, 1.165) is 43.2 Å². The summed E-state index contributed by atoms with van der Waals surface area (Å²) in [5.41, 5.74) is 0.327. The first-order chi connectivity index (χ1) is 20.2. The third kappa shape index (κ3) is 5.68. The van der Waals surface area contributed by atoms with E-state index >= 15 is 0 Å². The molecule has 10 nitrogen and oxygen atoms in total. The number of benzene rings is 2. The zero-order chi connectivity index (χ0) is 29.9. The number of hydrogen-bond acceptors (Lipinski definition) is 6. The monoisotopic (exact) mass is 574 g/mol. The van der Waals surface area contributed by atoms with E-state index in [2.05, 4.69) is 21.3 Å². The highest BCUT2D eigenvalue weighted by molar-refractivity contribution is 6.38. The fourth-order valence-corrected chi connectivity index (χ4v) is 6.65. The van der Waals surface area contributed by atoms with Gasteiger partial charge in [0.25, 0.3) is 11.8 Å². The number of ketones is 1. The largest absolute Gasteiger partial charge is 0.372 e. The molecule has 0 bridgehead atoms. The SMILES string of the molecule is CNC(=O)C(=O)[C@H](C[C@H]1CCNC1=O)NC(=O)[C@@H](CC1CCCCC1)NC(=O)C1(O)c2ccccc2-c2ccccc21. The van der Waals surface area contributed by atoms with Crippen molar-refractivity contribution in [3.63, 3.8) is 0 Å². The average Bonchev–Trinajstić information content (AvgIpc) is 3.54. The van der Waals surface area contributed by atoms with E-state index in [0.29, 0.717) is 30.5 Å². The Morgan fingerprint density at radius 2 is 1.50 bits per heavy atom. The highest BCUT2D eigenvalue weighted by atomic mass is 16.3. The van der Waals surface area contributed by atoms with E-state index in [1.54, 1.807) is 24.3 Å². The van der Waals surface area contributed by atoms with Crippen LogP contribution in [0.25, 0.3) is 11.1 Å². The van der Waals surface area contributed by atoms with Gasteiger partial charge in [-0.15, -0.1) is 0 Å². The van der Waals surface area contributed by atoms with Gasteiger partial charge >= 0.3 is 0 Å². The van der Waals surface area contributed by atoms with Crippen LogP contribution in [0.1, 0.15) is 62.5 Å². The second-order valence-electron chi connectivity index (χ2n) is 11.6. The van der Waals surface area contributed by atoms with Crippen molar-refractivity contribution in [1.82, 2.24) is 21.3 Å². The molecule has 3 aliphatic rings. The van der Waals surface area contributed by atoms with Gasteiger partial charge in [0.1, 0.15) is 6.04 Å². The highest BCUT2D eigenvalue weighted by Gasteiger charge is 2.49. The Bertz CT molecular complexity index is 1340. The molecule has 2 fully saturated rings. The summed E-state index contributed by atoms with van der Waals surface area (Å²) >= 11 is 0. The van der Waals surface area contributed by atoms with Gasteiger partial charge in [0.2, 0.25) is 17.6 Å². The van der Waals surface area contributed by atoms with Crippen LogP contribution in [0.15, 0.2) is 48.5 Å². The van der Waals surface area contributed by atoms with E-state index in [9.17, 15) is 29.1 Å². The molecule has 4 amide bonds. The summed E-state index contributed by atoms with van der Waals surface area (Å²) in [5, 5.41) is 22.5. The summed E-state index contributed by atoms with van der Waals surface area (Å²) in [6.07, 6.45) is 5.73. The van der Waals surface area contributed by atoms with Crippen molar-refractivity contribution < 1.29 is 29.1 Å². The normalized spacial score (nSPS) is 20.4. The fourth-order valence-electron chi connectivity index (χ4n) is 6.65. The molecule has 5 N–H and O–H groups in total. The van der Waals surface area contributed by atoms with Gasteiger partial charge in [-0.1, -0.05) is 80.6 Å². The summed E-state index contributed by atoms with van der Waals surface area (Å²) in [6, 6.07) is 12.0. The Hall–Kier alpha value is -4.05. The van der Waals surface area contributed by atoms with Gasteiger partial charge in [0.15, 0.2) is 5.60 Å². The predicted octanol–water partition coefficient (Wildman–Crippen LogP) is 1.68. The Morgan fingerprint density at radius 1 is 0.881 bits per heavy atom. The number of carbonyl (C=O) groups excluding carboxylic acids is 5. The molecule has 2 aromatic carbocycles. The Labute approximate surface area is 245 Å². The lowest BCUT2D eigenvalue weighted by atomic mass is 9.84. The van der Waals surface area contributed by atoms with Crippen LogP contribution in [0.4, 0.5) is 0 Å². The van der Waals surface area contributed by atoms with Gasteiger partial charge in [-0.3, -0.25) is 24.0 Å². The van der Waals surface area contributed by atoms with Crippen molar-refractivity contribution in [2.75, 3.05) is 13.6 Å². The van der Waals surface area contributed by atoms with Crippen molar-refractivity contribution in [1.29, 1.82) is 0 Å². The van der Waals surface area contributed by atoms with E-state index in [1.807, 2.05) is 24.3 Å². The van der Waals surface area contributed by atoms with Crippen LogP contribution in [0.5, 0.6) is 0 Å². The van der Waals surface area contributed by atoms with Crippen molar-refractivity contribution in [3.05, 3.63) is 59.7 Å². The molecule has 0 unspecified atom stereocenters. The van der Waals surface area contributed by atoms with Crippen LogP contribution >= 0.6 is 0 Å². The number of aliphatic hydroxyl groups is 1. The number of likely N-dealkylation sites (N-methyl/N-ethyl adjacent to an activating group) is 1. The number of nitrogens with one attached hydrogen (secondary N) is 4. The van der Waals surface area contributed by atoms with Crippen molar-refractivity contribution in [2.24, 2.45) is 11.8 Å². The number of rotatable bonds is 10. The van der Waals surface area contributed by atoms with E-state index < -0.39 is 47.1 Å². The fraction of sp³-hybridized carbons (Fsp3) is 0.469. The number of hydrogen-bond donors (Lipinski definition) is 5. The standard InChI is InChI=1S/C32H38N4O6/c1-33-30(40)27(37)25(18-20-15-16-34-28(20)38)35-29(39)26(17-19-9-3-2-4-10-19)36-31(41)32(42)23-13-7-5-11-21(23)22-12-6-8-14-24(22)32/h5-8,11-14,19-20,25-26,42H,2-4,9-10,15-18H2,1H3,(H,33,40)(H,34,38)(H,35,39)(H,36,41)/t20-,25+,26-/m1/s1. The molecule has 2 aromatic rings. The highest BCUT2D eigenvalue weighted by Crippen LogP contribution is 2.47. The molecule has 3 atom stereocenters. The molecule has 1 aliphatic heterocycles. The smallest absolute Gasteiger partial charge is 0.289 e. The summed E-state index contributed by atoms with van der Waals surface area (Å²) < 4.78 is 0. The molecule has 222 valence electrons. The van der Waals surface area contributed by atoms with E-state index in [1.165, 1.54) is 7.05 Å². The third-order valence-corrected chi connectivity index (χ3v) is 8.93. The molecular weight excluding hydrogens is 536 g/mol. The molecule has 0 spiro atoms. The topological polar surface area (TPSA) is 154 Å². The minimum absolute atomic E-state index is 0.0292. The van der Waals surface area contributed by atoms with E-state index in [-0.39, 0.29) is 18.2 Å². The zero-order valence-corrected chi connectivity index (χ0v) is 23.8. The van der Waals surface area contributed by atoms with Gasteiger partial charge in [0.05, 0.1) is 6.04 Å². The van der Waals surface area contributed by atoms with Crippen LogP contribution in [-0.2, 0) is 29.6 Å². The van der Waals surface area contributed by atoms with Crippen molar-refractivity contribution >= 4 is 29.4 Å². The molecule has 42 heavy (non-hydrogen) atoms. The Balaban J connectivity index is 1.42. The first-order valence-corrected chi connectivity index (χ1v) is 14.8. The first kappa shape index (κ1) is 29.4. The minimum Gasteiger partial charge on any atom is -0.372 e. The maximum absolute atomic E-state index is 14.0. The minimum atomic E-state index is -2.02. The summed E-state index contributed by atoms with van der Waals surface area (Å²) in [4.78, 5) is 65.4. The lowest BCUT2D eigenvalue weighted by Gasteiger charge is -2.31. The average molecular weight is 575 g/mol. The summed E-state index contributed by atoms with van der Waals surface area (Å²) in [6.45, 7) is 0.459. The summed E-state index contributed by atoms with van der Waals surface area (Å²) in [5.74, 6) is -3.68. The summed E-state index contributed by atoms with van der Waals surface area (Å²) in [7, 11) is 1.32. The van der Waals surface area contributed by atoms with Gasteiger partial charge < -0.3 is 26.4 Å². The molecule has 1 heterocycles. The molecular formula is C32H38N4O6. The second kappa shape index (κ2) is 12.4. The van der Waals surface area contributed by atoms with Gasteiger partial charge in [0, 0.05) is 30.6 Å². The molecule has 10 heteroatoms. The lowest BCUT2D eigenvalue weighted by molar-refractivity contribution is -0.142. The number of carbonyl (C=O) groups is 5. The zero-order valence-electron chi connectivity index (χ0n) is 23.8. The molecule has 0 aromatic heterocycles. The van der Waals surface area contributed by atoms with Crippen LogP contribution in [0, 0.1) is 11.8 Å².